The predicted molar refractivity (Wildman–Crippen MR) is 180 cm³/mol. The summed E-state index contributed by atoms with van der Waals surface area (Å²) >= 11 is 0. The first kappa shape index (κ1) is 34.9. The summed E-state index contributed by atoms with van der Waals surface area (Å²) in [5, 5.41) is 102. The van der Waals surface area contributed by atoms with Crippen molar-refractivity contribution >= 4 is 21.9 Å². The van der Waals surface area contributed by atoms with Gasteiger partial charge in [-0.2, -0.15) is 0 Å². The van der Waals surface area contributed by atoms with E-state index in [1.165, 1.54) is 24.3 Å². The van der Waals surface area contributed by atoms with Gasteiger partial charge < -0.3 is 74.1 Å². The Morgan fingerprint density at radius 1 is 0.642 bits per heavy atom. The number of aliphatic hydroxyl groups excluding tert-OH is 4. The first-order valence-corrected chi connectivity index (χ1v) is 15.6. The third-order valence-corrected chi connectivity index (χ3v) is 8.49. The van der Waals surface area contributed by atoms with E-state index in [1.807, 2.05) is 0 Å². The predicted octanol–water partition coefficient (Wildman–Crippen LogP) is 2.44. The molecule has 0 radical (unpaired) electrons. The van der Waals surface area contributed by atoms with Crippen LogP contribution in [-0.2, 0) is 4.74 Å². The maximum Gasteiger partial charge on any atom is 0.239 e. The van der Waals surface area contributed by atoms with Crippen LogP contribution in [0.4, 0.5) is 0 Å². The van der Waals surface area contributed by atoms with Crippen LogP contribution in [0.5, 0.6) is 51.7 Å². The van der Waals surface area contributed by atoms with Gasteiger partial charge in [0.15, 0.2) is 34.2 Å². The molecule has 0 unspecified atom stereocenters. The lowest BCUT2D eigenvalue weighted by molar-refractivity contribution is -0.277. The van der Waals surface area contributed by atoms with Crippen molar-refractivity contribution in [2.45, 2.75) is 30.7 Å². The number of fused-ring (bicyclic) bond motifs is 2. The van der Waals surface area contributed by atoms with Crippen molar-refractivity contribution in [1.82, 2.24) is 0 Å². The molecule has 17 nitrogen and oxygen atoms in total. The third-order valence-electron chi connectivity index (χ3n) is 8.49. The van der Waals surface area contributed by atoms with E-state index in [0.29, 0.717) is 0 Å². The summed E-state index contributed by atoms with van der Waals surface area (Å²) in [6.07, 6.45) is -8.83. The molecule has 1 saturated heterocycles. The fourth-order valence-electron chi connectivity index (χ4n) is 5.83. The van der Waals surface area contributed by atoms with Gasteiger partial charge in [0.2, 0.25) is 17.5 Å². The van der Waals surface area contributed by atoms with Crippen LogP contribution in [0.3, 0.4) is 0 Å². The quantitative estimate of drug-likeness (QED) is 0.105. The highest BCUT2D eigenvalue weighted by Gasteiger charge is 2.45. The van der Waals surface area contributed by atoms with Gasteiger partial charge in [0.1, 0.15) is 75.1 Å². The molecule has 0 saturated carbocycles. The molecule has 53 heavy (non-hydrogen) atoms. The van der Waals surface area contributed by atoms with E-state index in [4.69, 9.17) is 23.0 Å². The van der Waals surface area contributed by atoms with Crippen molar-refractivity contribution in [3.63, 3.8) is 0 Å². The lowest BCUT2D eigenvalue weighted by Gasteiger charge is -2.39. The maximum absolute atomic E-state index is 14.0. The van der Waals surface area contributed by atoms with Gasteiger partial charge in [-0.05, 0) is 36.4 Å². The van der Waals surface area contributed by atoms with Gasteiger partial charge in [0, 0.05) is 41.5 Å². The second-order valence-corrected chi connectivity index (χ2v) is 12.0. The van der Waals surface area contributed by atoms with E-state index in [9.17, 15) is 60.7 Å². The summed E-state index contributed by atoms with van der Waals surface area (Å²) in [6, 6.07) is 12.6. The van der Waals surface area contributed by atoms with Crippen LogP contribution in [0.2, 0.25) is 0 Å². The number of ether oxygens (including phenoxy) is 3. The molecule has 0 bridgehead atoms. The standard InChI is InChI=1S/C36H28O17/c37-12-27-30(45)32(47)33(48)36(52-27)53-35-31(46)29-21(43)9-16(10-26(29)51-34(35)14-2-3-17(39)19(41)5-14)49-24-6-13(1-4-18(24)40)23-11-22(44)28-20(42)7-15(38)8-25(28)50-23/h1-11,27,30,32-33,36-43,45,47-48H,12H2/t27-,30-,32+,33-,36+/m0/s1. The van der Waals surface area contributed by atoms with Gasteiger partial charge in [0.05, 0.1) is 6.61 Å². The molecule has 0 aliphatic carbocycles. The molecule has 1 fully saturated rings. The van der Waals surface area contributed by atoms with Crippen molar-refractivity contribution in [1.29, 1.82) is 0 Å². The summed E-state index contributed by atoms with van der Waals surface area (Å²) < 4.78 is 28.6. The molecular formula is C36H28O17. The summed E-state index contributed by atoms with van der Waals surface area (Å²) in [6.45, 7) is -0.802. The first-order chi connectivity index (χ1) is 25.2. The summed E-state index contributed by atoms with van der Waals surface area (Å²) in [7, 11) is 0. The van der Waals surface area contributed by atoms with Crippen LogP contribution in [0.1, 0.15) is 0 Å². The van der Waals surface area contributed by atoms with E-state index in [1.54, 1.807) is 0 Å². The van der Waals surface area contributed by atoms with E-state index in [2.05, 4.69) is 0 Å². The summed E-state index contributed by atoms with van der Waals surface area (Å²) in [4.78, 5) is 26.7. The molecule has 6 aromatic rings. The Hall–Kier alpha value is -6.50. The lowest BCUT2D eigenvalue weighted by atomic mass is 9.99. The average molecular weight is 733 g/mol. The zero-order valence-electron chi connectivity index (χ0n) is 26.8. The number of hydrogen-bond donors (Lipinski definition) is 10. The van der Waals surface area contributed by atoms with Gasteiger partial charge in [-0.3, -0.25) is 9.59 Å². The second kappa shape index (κ2) is 13.2. The van der Waals surface area contributed by atoms with Crippen LogP contribution in [0.25, 0.3) is 44.6 Å². The first-order valence-electron chi connectivity index (χ1n) is 15.6. The highest BCUT2D eigenvalue weighted by Crippen LogP contribution is 2.42. The Kier molecular flexibility index (Phi) is 8.72. The Morgan fingerprint density at radius 2 is 1.34 bits per heavy atom. The fraction of sp³-hybridized carbons (Fsp3) is 0.167. The normalized spacial score (nSPS) is 20.1. The number of rotatable bonds is 7. The molecular weight excluding hydrogens is 704 g/mol. The Morgan fingerprint density at radius 3 is 2.08 bits per heavy atom. The fourth-order valence-corrected chi connectivity index (χ4v) is 5.83. The smallest absolute Gasteiger partial charge is 0.239 e. The van der Waals surface area contributed by atoms with Crippen LogP contribution in [0, 0.1) is 0 Å². The van der Waals surface area contributed by atoms with Crippen molar-refractivity contribution in [3.05, 3.63) is 87.2 Å². The zero-order valence-corrected chi connectivity index (χ0v) is 26.8. The van der Waals surface area contributed by atoms with Gasteiger partial charge in [-0.25, -0.2) is 0 Å². The highest BCUT2D eigenvalue weighted by atomic mass is 16.7. The van der Waals surface area contributed by atoms with Gasteiger partial charge in [0.25, 0.3) is 0 Å². The Balaban J connectivity index is 1.31. The lowest BCUT2D eigenvalue weighted by Crippen LogP contribution is -2.60. The summed E-state index contributed by atoms with van der Waals surface area (Å²) in [5.74, 6) is -4.71. The molecule has 1 aliphatic rings. The number of hydrogen-bond acceptors (Lipinski definition) is 17. The van der Waals surface area contributed by atoms with Gasteiger partial charge in [-0.1, -0.05) is 0 Å². The van der Waals surface area contributed by atoms with Crippen molar-refractivity contribution < 1.29 is 74.1 Å². The largest absolute Gasteiger partial charge is 0.508 e. The van der Waals surface area contributed by atoms with Crippen LogP contribution >= 0.6 is 0 Å². The monoisotopic (exact) mass is 732 g/mol. The number of aromatic hydroxyl groups is 6. The molecule has 4 aromatic carbocycles. The number of benzene rings is 4. The minimum Gasteiger partial charge on any atom is -0.508 e. The molecule has 274 valence electrons. The van der Waals surface area contributed by atoms with Crippen LogP contribution in [0.15, 0.2) is 85.2 Å². The average Bonchev–Trinajstić information content (AvgIpc) is 3.10. The van der Waals surface area contributed by atoms with E-state index < -0.39 is 93.8 Å². The molecule has 2 aromatic heterocycles. The van der Waals surface area contributed by atoms with Crippen LogP contribution < -0.4 is 20.3 Å². The maximum atomic E-state index is 14.0. The topological polar surface area (TPSA) is 290 Å². The zero-order chi connectivity index (χ0) is 37.9. The van der Waals surface area contributed by atoms with E-state index >= 15 is 0 Å². The molecule has 1 aliphatic heterocycles. The van der Waals surface area contributed by atoms with E-state index in [0.717, 1.165) is 42.5 Å². The van der Waals surface area contributed by atoms with E-state index in [-0.39, 0.29) is 50.7 Å². The number of phenolic OH excluding ortho intramolecular Hbond substituents is 6. The van der Waals surface area contributed by atoms with Crippen molar-refractivity contribution in [2.24, 2.45) is 0 Å². The molecule has 10 N–H and O–H groups in total. The second-order valence-electron chi connectivity index (χ2n) is 12.0. The SMILES string of the molecule is O=c1cc(-c2ccc(O)c(Oc3cc(O)c4c(=O)c(O[C@H]5O[C@@H](CO)[C@H](O)[C@@H](O)[C@@H]5O)c(-c5ccc(O)c(O)c5)oc4c3)c2)oc2cc(O)cc(O)c12. The number of phenols is 6. The highest BCUT2D eigenvalue weighted by molar-refractivity contribution is 5.89. The number of aliphatic hydroxyl groups is 4. The molecule has 0 amide bonds. The molecule has 7 rings (SSSR count). The van der Waals surface area contributed by atoms with Crippen molar-refractivity contribution in [3.8, 4) is 74.4 Å². The molecule has 17 heteroatoms. The van der Waals surface area contributed by atoms with Gasteiger partial charge >= 0.3 is 0 Å². The molecule has 3 heterocycles. The van der Waals surface area contributed by atoms with Crippen molar-refractivity contribution in [2.75, 3.05) is 6.61 Å². The Bertz CT molecular complexity index is 2520. The summed E-state index contributed by atoms with van der Waals surface area (Å²) in [5.41, 5.74) is -1.99. The third kappa shape index (κ3) is 6.24. The minimum absolute atomic E-state index is 0.0292. The molecule has 0 spiro atoms. The van der Waals surface area contributed by atoms with Crippen LogP contribution in [-0.4, -0.2) is 88.4 Å². The molecule has 5 atom stereocenters. The Labute approximate surface area is 294 Å². The minimum atomic E-state index is -1.95. The van der Waals surface area contributed by atoms with Gasteiger partial charge in [-0.15, -0.1) is 0 Å².